The Morgan fingerprint density at radius 3 is 2.74 bits per heavy atom. The molecular formula is C17H28N2O4. The van der Waals surface area contributed by atoms with Crippen molar-refractivity contribution in [2.45, 2.75) is 57.1 Å². The molecule has 130 valence electrons. The second-order valence-electron chi connectivity index (χ2n) is 6.47. The van der Waals surface area contributed by atoms with Gasteiger partial charge in [0.05, 0.1) is 6.10 Å². The van der Waals surface area contributed by atoms with Gasteiger partial charge in [0.2, 0.25) is 0 Å². The van der Waals surface area contributed by atoms with E-state index < -0.39 is 12.0 Å². The Hall–Kier alpha value is -1.56. The van der Waals surface area contributed by atoms with Gasteiger partial charge in [0.25, 0.3) is 0 Å². The summed E-state index contributed by atoms with van der Waals surface area (Å²) in [7, 11) is 0. The van der Waals surface area contributed by atoms with Crippen molar-refractivity contribution in [2.75, 3.05) is 19.7 Å². The van der Waals surface area contributed by atoms with Crippen molar-refractivity contribution in [3.8, 4) is 0 Å². The summed E-state index contributed by atoms with van der Waals surface area (Å²) in [6.45, 7) is 5.51. The lowest BCUT2D eigenvalue weighted by atomic mass is 9.98. The quantitative estimate of drug-likeness (QED) is 0.531. The van der Waals surface area contributed by atoms with Crippen LogP contribution in [0.5, 0.6) is 0 Å². The number of likely N-dealkylation sites (tertiary alicyclic amines) is 1. The number of carboxylic acid groups (broad SMARTS) is 1. The number of amides is 2. The number of hydrogen-bond donors (Lipinski definition) is 2. The van der Waals surface area contributed by atoms with Gasteiger partial charge >= 0.3 is 12.0 Å². The number of carbonyl (C=O) groups excluding carboxylic acids is 1. The van der Waals surface area contributed by atoms with Gasteiger partial charge in [-0.1, -0.05) is 18.9 Å². The molecule has 2 atom stereocenters. The van der Waals surface area contributed by atoms with Gasteiger partial charge in [-0.25, -0.2) is 9.59 Å². The Bertz CT molecular complexity index is 421. The van der Waals surface area contributed by atoms with Crippen LogP contribution in [0.15, 0.2) is 12.7 Å². The van der Waals surface area contributed by atoms with Crippen molar-refractivity contribution in [3.63, 3.8) is 0 Å². The van der Waals surface area contributed by atoms with Crippen LogP contribution in [0, 0.1) is 5.92 Å². The SMILES string of the molecule is C=CCCCOC1CCN(C(=O)N[C@H](C(=O)O)C2CCCC2)C1. The van der Waals surface area contributed by atoms with Crippen LogP contribution in [0.25, 0.3) is 0 Å². The second kappa shape index (κ2) is 8.91. The zero-order valence-electron chi connectivity index (χ0n) is 13.7. The third kappa shape index (κ3) is 5.23. The molecule has 0 spiro atoms. The third-order valence-corrected chi connectivity index (χ3v) is 4.75. The number of nitrogens with one attached hydrogen (secondary N) is 1. The molecule has 0 aromatic carbocycles. The van der Waals surface area contributed by atoms with Crippen molar-refractivity contribution in [3.05, 3.63) is 12.7 Å². The maximum Gasteiger partial charge on any atom is 0.326 e. The predicted molar refractivity (Wildman–Crippen MR) is 87.3 cm³/mol. The maximum absolute atomic E-state index is 12.3. The topological polar surface area (TPSA) is 78.9 Å². The fourth-order valence-corrected chi connectivity index (χ4v) is 3.42. The van der Waals surface area contributed by atoms with Crippen LogP contribution in [0.1, 0.15) is 44.9 Å². The molecule has 23 heavy (non-hydrogen) atoms. The fraction of sp³-hybridized carbons (Fsp3) is 0.765. The van der Waals surface area contributed by atoms with E-state index in [2.05, 4.69) is 11.9 Å². The normalized spacial score (nSPS) is 23.0. The summed E-state index contributed by atoms with van der Waals surface area (Å²) in [5.74, 6) is -0.869. The van der Waals surface area contributed by atoms with Gasteiger partial charge in [-0.3, -0.25) is 0 Å². The molecule has 6 nitrogen and oxygen atoms in total. The van der Waals surface area contributed by atoms with Crippen LogP contribution < -0.4 is 5.32 Å². The molecule has 1 aliphatic carbocycles. The number of hydrogen-bond acceptors (Lipinski definition) is 3. The van der Waals surface area contributed by atoms with Crippen molar-refractivity contribution < 1.29 is 19.4 Å². The molecule has 0 aromatic rings. The number of unbranched alkanes of at least 4 members (excludes halogenated alkanes) is 1. The molecule has 0 bridgehead atoms. The van der Waals surface area contributed by atoms with E-state index in [0.717, 1.165) is 44.9 Å². The number of ether oxygens (including phenoxy) is 1. The molecule has 0 radical (unpaired) electrons. The number of carbonyl (C=O) groups is 2. The molecule has 1 unspecified atom stereocenters. The lowest BCUT2D eigenvalue weighted by Gasteiger charge is -2.24. The minimum atomic E-state index is -0.929. The first-order chi connectivity index (χ1) is 11.1. The first-order valence-electron chi connectivity index (χ1n) is 8.62. The Kier molecular flexibility index (Phi) is 6.89. The van der Waals surface area contributed by atoms with Gasteiger partial charge < -0.3 is 20.1 Å². The Morgan fingerprint density at radius 1 is 1.35 bits per heavy atom. The summed E-state index contributed by atoms with van der Waals surface area (Å²) >= 11 is 0. The number of urea groups is 1. The maximum atomic E-state index is 12.3. The number of aliphatic carboxylic acids is 1. The number of nitrogens with zero attached hydrogens (tertiary/aromatic N) is 1. The van der Waals surface area contributed by atoms with Crippen LogP contribution in [-0.4, -0.2) is 53.8 Å². The number of allylic oxidation sites excluding steroid dienone is 1. The van der Waals surface area contributed by atoms with Gasteiger partial charge in [0, 0.05) is 19.7 Å². The molecule has 1 saturated heterocycles. The van der Waals surface area contributed by atoms with Crippen LogP contribution >= 0.6 is 0 Å². The largest absolute Gasteiger partial charge is 0.480 e. The van der Waals surface area contributed by atoms with Crippen LogP contribution in [0.2, 0.25) is 0 Å². The van der Waals surface area contributed by atoms with Gasteiger partial charge in [-0.05, 0) is 38.0 Å². The van der Waals surface area contributed by atoms with E-state index in [1.54, 1.807) is 4.90 Å². The molecule has 2 fully saturated rings. The summed E-state index contributed by atoms with van der Waals surface area (Å²) < 4.78 is 5.75. The predicted octanol–water partition coefficient (Wildman–Crippen LogP) is 2.40. The first-order valence-corrected chi connectivity index (χ1v) is 8.62. The Morgan fingerprint density at radius 2 is 2.09 bits per heavy atom. The summed E-state index contributed by atoms with van der Waals surface area (Å²) in [4.78, 5) is 25.4. The molecule has 2 rings (SSSR count). The molecule has 0 aromatic heterocycles. The van der Waals surface area contributed by atoms with Gasteiger partial charge in [0.1, 0.15) is 6.04 Å². The minimum Gasteiger partial charge on any atom is -0.480 e. The summed E-state index contributed by atoms with van der Waals surface area (Å²) in [6, 6.07) is -1.04. The third-order valence-electron chi connectivity index (χ3n) is 4.75. The average Bonchev–Trinajstić information content (AvgIpc) is 3.20. The summed E-state index contributed by atoms with van der Waals surface area (Å²) in [5, 5.41) is 12.1. The van der Waals surface area contributed by atoms with E-state index >= 15 is 0 Å². The highest BCUT2D eigenvalue weighted by Crippen LogP contribution is 2.28. The second-order valence-corrected chi connectivity index (χ2v) is 6.47. The summed E-state index contributed by atoms with van der Waals surface area (Å²) in [5.41, 5.74) is 0. The monoisotopic (exact) mass is 324 g/mol. The van der Waals surface area contributed by atoms with E-state index in [-0.39, 0.29) is 18.1 Å². The first kappa shape index (κ1) is 17.8. The van der Waals surface area contributed by atoms with Crippen LogP contribution in [-0.2, 0) is 9.53 Å². The van der Waals surface area contributed by atoms with Crippen molar-refractivity contribution in [2.24, 2.45) is 5.92 Å². The van der Waals surface area contributed by atoms with E-state index in [4.69, 9.17) is 4.74 Å². The van der Waals surface area contributed by atoms with Crippen molar-refractivity contribution in [1.82, 2.24) is 10.2 Å². The van der Waals surface area contributed by atoms with Gasteiger partial charge in [-0.15, -0.1) is 6.58 Å². The minimum absolute atomic E-state index is 0.0559. The van der Waals surface area contributed by atoms with Crippen molar-refractivity contribution in [1.29, 1.82) is 0 Å². The van der Waals surface area contributed by atoms with Gasteiger partial charge in [-0.2, -0.15) is 0 Å². The van der Waals surface area contributed by atoms with E-state index in [9.17, 15) is 14.7 Å². The summed E-state index contributed by atoms with van der Waals surface area (Å²) in [6.07, 6.45) is 8.46. The van der Waals surface area contributed by atoms with Crippen molar-refractivity contribution >= 4 is 12.0 Å². The smallest absolute Gasteiger partial charge is 0.326 e. The van der Waals surface area contributed by atoms with Crippen LogP contribution in [0.3, 0.4) is 0 Å². The molecule has 6 heteroatoms. The Balaban J connectivity index is 1.76. The molecular weight excluding hydrogens is 296 g/mol. The molecule has 1 aliphatic heterocycles. The average molecular weight is 324 g/mol. The molecule has 2 N–H and O–H groups in total. The number of rotatable bonds is 8. The zero-order valence-corrected chi connectivity index (χ0v) is 13.7. The lowest BCUT2D eigenvalue weighted by molar-refractivity contribution is -0.140. The highest BCUT2D eigenvalue weighted by atomic mass is 16.5. The van der Waals surface area contributed by atoms with Crippen LogP contribution in [0.4, 0.5) is 4.79 Å². The fourth-order valence-electron chi connectivity index (χ4n) is 3.42. The van der Waals surface area contributed by atoms with Gasteiger partial charge in [0.15, 0.2) is 0 Å². The Labute approximate surface area is 137 Å². The zero-order chi connectivity index (χ0) is 16.7. The molecule has 1 saturated carbocycles. The molecule has 1 heterocycles. The lowest BCUT2D eigenvalue weighted by Crippen LogP contribution is -2.50. The highest BCUT2D eigenvalue weighted by molar-refractivity contribution is 5.83. The standard InChI is InChI=1S/C17H28N2O4/c1-2-3-6-11-23-14-9-10-19(12-14)17(22)18-15(16(20)21)13-7-4-5-8-13/h2,13-15H,1,3-12H2,(H,18,22)(H,20,21)/t14?,15-/m0/s1. The van der Waals surface area contributed by atoms with E-state index in [0.29, 0.717) is 19.7 Å². The molecule has 2 amide bonds. The number of carboxylic acids is 1. The highest BCUT2D eigenvalue weighted by Gasteiger charge is 2.34. The van der Waals surface area contributed by atoms with E-state index in [1.807, 2.05) is 6.08 Å². The molecule has 2 aliphatic rings. The van der Waals surface area contributed by atoms with E-state index in [1.165, 1.54) is 0 Å².